The van der Waals surface area contributed by atoms with Crippen molar-refractivity contribution in [2.75, 3.05) is 31.3 Å². The number of hydrogen-bond donors (Lipinski definition) is 1. The number of ether oxygens (including phenoxy) is 1. The highest BCUT2D eigenvalue weighted by Crippen LogP contribution is 2.24. The number of rotatable bonds is 13. The number of nitrogens with one attached hydrogen (secondary N) is 1. The molecule has 0 fully saturated rings. The molecule has 0 bridgehead atoms. The van der Waals surface area contributed by atoms with Crippen molar-refractivity contribution in [3.8, 4) is 5.75 Å². The summed E-state index contributed by atoms with van der Waals surface area (Å²) in [5.74, 6) is 0.0294. The maximum atomic E-state index is 13.7. The fourth-order valence-electron chi connectivity index (χ4n) is 4.32. The van der Waals surface area contributed by atoms with Gasteiger partial charge in [-0.15, -0.1) is 0 Å². The molecule has 0 aliphatic heterocycles. The number of amides is 2. The number of benzene rings is 3. The summed E-state index contributed by atoms with van der Waals surface area (Å²) in [6.07, 6.45) is 1.81. The van der Waals surface area contributed by atoms with Crippen LogP contribution in [0.1, 0.15) is 24.0 Å². The van der Waals surface area contributed by atoms with E-state index in [0.29, 0.717) is 17.9 Å². The minimum absolute atomic E-state index is 0.0618. The second kappa shape index (κ2) is 14.1. The average Bonchev–Trinajstić information content (AvgIpc) is 2.92. The van der Waals surface area contributed by atoms with Crippen LogP contribution in [0.3, 0.4) is 0 Å². The van der Waals surface area contributed by atoms with Crippen LogP contribution in [0.4, 0.5) is 5.69 Å². The monoisotopic (exact) mass is 615 g/mol. The van der Waals surface area contributed by atoms with Gasteiger partial charge in [0.1, 0.15) is 11.8 Å². The summed E-state index contributed by atoms with van der Waals surface area (Å²) >= 11 is 3.48. The number of likely N-dealkylation sites (N-methyl/N-ethyl adjacent to an activating group) is 1. The highest BCUT2D eigenvalue weighted by Gasteiger charge is 2.30. The molecule has 1 atom stereocenters. The molecular weight excluding hydrogens is 582 g/mol. The Morgan fingerprint density at radius 1 is 0.974 bits per heavy atom. The van der Waals surface area contributed by atoms with Gasteiger partial charge in [-0.25, -0.2) is 8.42 Å². The molecule has 0 aliphatic rings. The predicted molar refractivity (Wildman–Crippen MR) is 157 cm³/mol. The molecule has 39 heavy (non-hydrogen) atoms. The van der Waals surface area contributed by atoms with Crippen LogP contribution in [0.15, 0.2) is 83.3 Å². The second-order valence-corrected chi connectivity index (χ2v) is 11.9. The largest absolute Gasteiger partial charge is 0.497 e. The third-order valence-electron chi connectivity index (χ3n) is 6.25. The van der Waals surface area contributed by atoms with Crippen LogP contribution in [-0.4, -0.2) is 58.1 Å². The molecule has 1 unspecified atom stereocenters. The maximum Gasteiger partial charge on any atom is 0.242 e. The van der Waals surface area contributed by atoms with Gasteiger partial charge < -0.3 is 15.0 Å². The van der Waals surface area contributed by atoms with Crippen molar-refractivity contribution in [1.82, 2.24) is 10.2 Å². The molecule has 208 valence electrons. The van der Waals surface area contributed by atoms with Crippen molar-refractivity contribution >= 4 is 43.5 Å². The number of nitrogens with zero attached hydrogens (tertiary/aromatic N) is 2. The molecule has 3 aromatic carbocycles. The quantitative estimate of drug-likeness (QED) is 0.308. The fraction of sp³-hybridized carbons (Fsp3) is 0.310. The average molecular weight is 617 g/mol. The van der Waals surface area contributed by atoms with Gasteiger partial charge in [0.2, 0.25) is 21.8 Å². The van der Waals surface area contributed by atoms with Gasteiger partial charge in [0.25, 0.3) is 0 Å². The molecule has 0 aromatic heterocycles. The number of carbonyl (C=O) groups is 2. The van der Waals surface area contributed by atoms with Crippen LogP contribution in [-0.2, 0) is 32.6 Å². The highest BCUT2D eigenvalue weighted by atomic mass is 79.9. The topological polar surface area (TPSA) is 96.0 Å². The molecule has 2 amide bonds. The number of sulfonamides is 1. The Bertz CT molecular complexity index is 1370. The van der Waals surface area contributed by atoms with Crippen LogP contribution >= 0.6 is 15.9 Å². The van der Waals surface area contributed by atoms with Gasteiger partial charge in [0.05, 0.1) is 19.1 Å². The first-order valence-electron chi connectivity index (χ1n) is 12.5. The van der Waals surface area contributed by atoms with Crippen molar-refractivity contribution < 1.29 is 22.7 Å². The zero-order valence-corrected chi connectivity index (χ0v) is 24.7. The van der Waals surface area contributed by atoms with Crippen LogP contribution in [0.25, 0.3) is 0 Å². The Labute approximate surface area is 239 Å². The van der Waals surface area contributed by atoms with E-state index in [1.807, 2.05) is 54.6 Å². The molecule has 0 saturated heterocycles. The van der Waals surface area contributed by atoms with Crippen molar-refractivity contribution in [1.29, 1.82) is 0 Å². The molecule has 3 aromatic rings. The lowest BCUT2D eigenvalue weighted by Crippen LogP contribution is -2.49. The minimum Gasteiger partial charge on any atom is -0.497 e. The smallest absolute Gasteiger partial charge is 0.242 e. The summed E-state index contributed by atoms with van der Waals surface area (Å²) in [5.41, 5.74) is 2.26. The first kappa shape index (κ1) is 30.2. The predicted octanol–water partition coefficient (Wildman–Crippen LogP) is 4.39. The summed E-state index contributed by atoms with van der Waals surface area (Å²) in [6, 6.07) is 23.2. The van der Waals surface area contributed by atoms with E-state index in [2.05, 4.69) is 21.2 Å². The number of hydrogen-bond acceptors (Lipinski definition) is 5. The zero-order chi connectivity index (χ0) is 28.4. The highest BCUT2D eigenvalue weighted by molar-refractivity contribution is 9.10. The summed E-state index contributed by atoms with van der Waals surface area (Å²) in [6.45, 7) is 0.334. The summed E-state index contributed by atoms with van der Waals surface area (Å²) in [7, 11) is -0.535. The molecule has 8 nitrogen and oxygen atoms in total. The Balaban J connectivity index is 1.85. The van der Waals surface area contributed by atoms with Crippen LogP contribution in [0.2, 0.25) is 0 Å². The lowest BCUT2D eigenvalue weighted by Gasteiger charge is -2.31. The van der Waals surface area contributed by atoms with Crippen molar-refractivity contribution in [3.05, 3.63) is 94.5 Å². The molecule has 0 spiro atoms. The Morgan fingerprint density at radius 2 is 1.67 bits per heavy atom. The number of anilines is 1. The number of halogens is 1. The van der Waals surface area contributed by atoms with E-state index in [-0.39, 0.29) is 37.7 Å². The van der Waals surface area contributed by atoms with Crippen molar-refractivity contribution in [2.24, 2.45) is 0 Å². The first-order valence-corrected chi connectivity index (χ1v) is 15.2. The molecule has 3 rings (SSSR count). The number of carbonyl (C=O) groups excluding carboxylic acids is 2. The summed E-state index contributed by atoms with van der Waals surface area (Å²) in [4.78, 5) is 28.4. The third-order valence-corrected chi connectivity index (χ3v) is 7.94. The maximum absolute atomic E-state index is 13.7. The summed E-state index contributed by atoms with van der Waals surface area (Å²) in [5, 5.41) is 2.70. The second-order valence-electron chi connectivity index (χ2n) is 9.11. The first-order chi connectivity index (χ1) is 18.6. The molecule has 1 N–H and O–H groups in total. The van der Waals surface area contributed by atoms with Crippen molar-refractivity contribution in [2.45, 2.75) is 31.8 Å². The van der Waals surface area contributed by atoms with Gasteiger partial charge in [0, 0.05) is 43.5 Å². The van der Waals surface area contributed by atoms with E-state index in [1.165, 1.54) is 11.4 Å². The lowest BCUT2D eigenvalue weighted by atomic mass is 10.0. The van der Waals surface area contributed by atoms with E-state index < -0.39 is 16.1 Å². The third kappa shape index (κ3) is 8.83. The van der Waals surface area contributed by atoms with E-state index in [9.17, 15) is 18.0 Å². The lowest BCUT2D eigenvalue weighted by molar-refractivity contribution is -0.141. The summed E-state index contributed by atoms with van der Waals surface area (Å²) < 4.78 is 32.5. The molecule has 0 saturated carbocycles. The Morgan fingerprint density at radius 3 is 2.31 bits per heavy atom. The Hall–Kier alpha value is -3.37. The number of methoxy groups -OCH3 is 1. The van der Waals surface area contributed by atoms with Crippen LogP contribution in [0, 0.1) is 0 Å². The fourth-order valence-corrected chi connectivity index (χ4v) is 5.73. The minimum atomic E-state index is -3.61. The van der Waals surface area contributed by atoms with Gasteiger partial charge in [0.15, 0.2) is 0 Å². The van der Waals surface area contributed by atoms with Gasteiger partial charge in [-0.3, -0.25) is 13.9 Å². The van der Waals surface area contributed by atoms with Crippen LogP contribution in [0.5, 0.6) is 5.75 Å². The van der Waals surface area contributed by atoms with E-state index in [1.54, 1.807) is 36.2 Å². The molecule has 0 aliphatic carbocycles. The van der Waals surface area contributed by atoms with E-state index in [0.717, 1.165) is 21.9 Å². The SMILES string of the molecule is CNC(=O)C(Cc1ccccc1)N(Cc1cccc(Br)c1)C(=O)CCCN(c1cccc(OC)c1)S(C)(=O)=O. The van der Waals surface area contributed by atoms with E-state index in [4.69, 9.17) is 4.74 Å². The normalized spacial score (nSPS) is 11.9. The van der Waals surface area contributed by atoms with E-state index >= 15 is 0 Å². The van der Waals surface area contributed by atoms with Crippen LogP contribution < -0.4 is 14.4 Å². The zero-order valence-electron chi connectivity index (χ0n) is 22.3. The van der Waals surface area contributed by atoms with Crippen molar-refractivity contribution in [3.63, 3.8) is 0 Å². The molecule has 0 heterocycles. The van der Waals surface area contributed by atoms with Gasteiger partial charge in [-0.2, -0.15) is 0 Å². The molecular formula is C29H34BrN3O5S. The molecule has 0 radical (unpaired) electrons. The molecule has 10 heteroatoms. The standard InChI is InChI=1S/C29H34BrN3O5S/c1-31-29(35)27(19-22-10-5-4-6-11-22)32(21-23-12-7-13-24(30)18-23)28(34)16-9-17-33(39(3,36)37)25-14-8-15-26(20-25)38-2/h4-8,10-15,18,20,27H,9,16-17,19,21H2,1-3H3,(H,31,35). The van der Waals surface area contributed by atoms with Gasteiger partial charge in [-0.05, 0) is 41.8 Å². The van der Waals surface area contributed by atoms with Gasteiger partial charge in [-0.1, -0.05) is 64.5 Å². The van der Waals surface area contributed by atoms with Gasteiger partial charge >= 0.3 is 0 Å². The Kier molecular flexibility index (Phi) is 10.9.